The fourth-order valence-corrected chi connectivity index (χ4v) is 4.29. The molecule has 3 aliphatic rings. The van der Waals surface area contributed by atoms with E-state index in [1.54, 1.807) is 6.08 Å². The Morgan fingerprint density at radius 1 is 1.48 bits per heavy atom. The highest BCUT2D eigenvalue weighted by Crippen LogP contribution is 2.50. The molecule has 0 radical (unpaired) electrons. The Morgan fingerprint density at radius 2 is 2.26 bits per heavy atom. The molecule has 3 rings (SSSR count). The summed E-state index contributed by atoms with van der Waals surface area (Å²) in [5.74, 6) is 0.0892. The van der Waals surface area contributed by atoms with E-state index < -0.39 is 5.41 Å². The van der Waals surface area contributed by atoms with E-state index in [0.717, 1.165) is 32.2 Å². The Kier molecular flexibility index (Phi) is 4.45. The second-order valence-corrected chi connectivity index (χ2v) is 7.34. The molecule has 4 atom stereocenters. The summed E-state index contributed by atoms with van der Waals surface area (Å²) in [6, 6.07) is -0.209. The molecular weight excluding hydrogens is 290 g/mol. The van der Waals surface area contributed by atoms with Crippen molar-refractivity contribution in [3.8, 4) is 0 Å². The Bertz CT molecular complexity index is 571. The molecule has 1 aliphatic heterocycles. The summed E-state index contributed by atoms with van der Waals surface area (Å²) in [4.78, 5) is 25.3. The van der Waals surface area contributed by atoms with Crippen LogP contribution in [0.1, 0.15) is 52.9 Å². The summed E-state index contributed by atoms with van der Waals surface area (Å²) in [7, 11) is 0. The van der Waals surface area contributed by atoms with Crippen LogP contribution in [0, 0.1) is 11.3 Å². The molecule has 1 fully saturated rings. The molecule has 0 spiro atoms. The Balaban J connectivity index is 1.86. The maximum absolute atomic E-state index is 12.8. The first-order chi connectivity index (χ1) is 11.0. The van der Waals surface area contributed by atoms with Gasteiger partial charge in [0.05, 0.1) is 5.41 Å². The summed E-state index contributed by atoms with van der Waals surface area (Å²) >= 11 is 0. The third-order valence-corrected chi connectivity index (χ3v) is 5.91. The zero-order chi connectivity index (χ0) is 16.6. The minimum atomic E-state index is -0.617. The van der Waals surface area contributed by atoms with Crippen LogP contribution in [-0.4, -0.2) is 30.4 Å². The van der Waals surface area contributed by atoms with E-state index in [1.807, 2.05) is 6.92 Å². The van der Waals surface area contributed by atoms with E-state index >= 15 is 0 Å². The number of ketones is 1. The summed E-state index contributed by atoms with van der Waals surface area (Å²) in [6.45, 7) is 7.02. The second kappa shape index (κ2) is 6.23. The largest absolute Gasteiger partial charge is 0.460 e. The van der Waals surface area contributed by atoms with Crippen LogP contribution in [0.2, 0.25) is 0 Å². The van der Waals surface area contributed by atoms with Crippen LogP contribution in [-0.2, 0) is 14.3 Å². The molecule has 1 heterocycles. The van der Waals surface area contributed by atoms with E-state index in [2.05, 4.69) is 25.2 Å². The quantitative estimate of drug-likeness (QED) is 0.642. The van der Waals surface area contributed by atoms with Crippen LogP contribution in [0.5, 0.6) is 0 Å². The first-order valence-corrected chi connectivity index (χ1v) is 8.81. The standard InChI is InChI=1S/C19H27NO3/c1-4-13-11-16(21)19(3)14(13)8-7-12(2)10-17(19)23-18(22)15-6-5-9-20-15/h7,11,14-15,17,20H,4-6,8-10H2,1-3H3/t14-,15+,17+,19+/m1/s1. The maximum atomic E-state index is 12.8. The van der Waals surface area contributed by atoms with Gasteiger partial charge in [0.1, 0.15) is 12.1 Å². The molecule has 1 N–H and O–H groups in total. The second-order valence-electron chi connectivity index (χ2n) is 7.34. The van der Waals surface area contributed by atoms with Crippen molar-refractivity contribution in [1.29, 1.82) is 0 Å². The van der Waals surface area contributed by atoms with Gasteiger partial charge in [-0.1, -0.05) is 24.1 Å². The number of carbonyl (C=O) groups excluding carboxylic acids is 2. The predicted octanol–water partition coefficient (Wildman–Crippen LogP) is 2.93. The van der Waals surface area contributed by atoms with Gasteiger partial charge < -0.3 is 10.1 Å². The fourth-order valence-electron chi connectivity index (χ4n) is 4.29. The molecule has 0 aromatic carbocycles. The minimum Gasteiger partial charge on any atom is -0.460 e. The lowest BCUT2D eigenvalue weighted by atomic mass is 9.70. The van der Waals surface area contributed by atoms with Crippen LogP contribution >= 0.6 is 0 Å². The molecule has 0 bridgehead atoms. The number of hydrogen-bond acceptors (Lipinski definition) is 4. The number of esters is 1. The molecular formula is C19H27NO3. The lowest BCUT2D eigenvalue weighted by Crippen LogP contribution is -2.46. The van der Waals surface area contributed by atoms with Crippen LogP contribution in [0.3, 0.4) is 0 Å². The molecule has 23 heavy (non-hydrogen) atoms. The summed E-state index contributed by atoms with van der Waals surface area (Å²) in [5.41, 5.74) is 1.79. The summed E-state index contributed by atoms with van der Waals surface area (Å²) < 4.78 is 5.91. The van der Waals surface area contributed by atoms with E-state index in [1.165, 1.54) is 11.1 Å². The van der Waals surface area contributed by atoms with Gasteiger partial charge in [-0.25, -0.2) is 0 Å². The first-order valence-electron chi connectivity index (χ1n) is 8.81. The highest BCUT2D eigenvalue weighted by Gasteiger charge is 2.53. The molecule has 0 saturated carbocycles. The molecule has 4 heteroatoms. The minimum absolute atomic E-state index is 0.125. The molecule has 2 aliphatic carbocycles. The number of ether oxygens (including phenoxy) is 1. The molecule has 126 valence electrons. The fraction of sp³-hybridized carbons (Fsp3) is 0.684. The summed E-state index contributed by atoms with van der Waals surface area (Å²) in [6.07, 6.45) is 7.88. The maximum Gasteiger partial charge on any atom is 0.323 e. The van der Waals surface area contributed by atoms with Crippen molar-refractivity contribution < 1.29 is 14.3 Å². The molecule has 0 amide bonds. The van der Waals surface area contributed by atoms with Crippen LogP contribution in [0.4, 0.5) is 0 Å². The Hall–Kier alpha value is -1.42. The molecule has 0 aromatic rings. The van der Waals surface area contributed by atoms with Gasteiger partial charge in [0, 0.05) is 6.42 Å². The van der Waals surface area contributed by atoms with Gasteiger partial charge >= 0.3 is 5.97 Å². The van der Waals surface area contributed by atoms with Gasteiger partial charge in [0.25, 0.3) is 0 Å². The van der Waals surface area contributed by atoms with Crippen LogP contribution < -0.4 is 5.32 Å². The predicted molar refractivity (Wildman–Crippen MR) is 88.9 cm³/mol. The van der Waals surface area contributed by atoms with Crippen molar-refractivity contribution in [2.75, 3.05) is 6.54 Å². The number of nitrogens with one attached hydrogen (secondary N) is 1. The number of allylic oxidation sites excluding steroid dienone is 3. The highest BCUT2D eigenvalue weighted by molar-refractivity contribution is 5.99. The van der Waals surface area contributed by atoms with Crippen molar-refractivity contribution in [2.24, 2.45) is 11.3 Å². The van der Waals surface area contributed by atoms with Gasteiger partial charge in [0.2, 0.25) is 0 Å². The van der Waals surface area contributed by atoms with Crippen LogP contribution in [0.15, 0.2) is 23.3 Å². The van der Waals surface area contributed by atoms with Gasteiger partial charge in [-0.15, -0.1) is 0 Å². The first kappa shape index (κ1) is 16.4. The van der Waals surface area contributed by atoms with E-state index in [9.17, 15) is 9.59 Å². The third-order valence-electron chi connectivity index (χ3n) is 5.91. The monoisotopic (exact) mass is 317 g/mol. The molecule has 0 aromatic heterocycles. The van der Waals surface area contributed by atoms with Gasteiger partial charge in [-0.3, -0.25) is 9.59 Å². The number of hydrogen-bond donors (Lipinski definition) is 1. The molecule has 0 unspecified atom stereocenters. The van der Waals surface area contributed by atoms with E-state index in [-0.39, 0.29) is 29.8 Å². The smallest absolute Gasteiger partial charge is 0.323 e. The highest BCUT2D eigenvalue weighted by atomic mass is 16.5. The van der Waals surface area contributed by atoms with E-state index in [0.29, 0.717) is 6.42 Å². The Morgan fingerprint density at radius 3 is 2.91 bits per heavy atom. The van der Waals surface area contributed by atoms with Crippen molar-refractivity contribution in [3.63, 3.8) is 0 Å². The topological polar surface area (TPSA) is 55.4 Å². The van der Waals surface area contributed by atoms with Crippen molar-refractivity contribution in [3.05, 3.63) is 23.3 Å². The average molecular weight is 317 g/mol. The van der Waals surface area contributed by atoms with Gasteiger partial charge in [0.15, 0.2) is 5.78 Å². The molecule has 1 saturated heterocycles. The number of carbonyl (C=O) groups is 2. The zero-order valence-electron chi connectivity index (χ0n) is 14.4. The molecule has 4 nitrogen and oxygen atoms in total. The lowest BCUT2D eigenvalue weighted by Gasteiger charge is -2.37. The van der Waals surface area contributed by atoms with Gasteiger partial charge in [-0.2, -0.15) is 0 Å². The van der Waals surface area contributed by atoms with Gasteiger partial charge in [-0.05, 0) is 58.1 Å². The average Bonchev–Trinajstić information content (AvgIpc) is 3.10. The lowest BCUT2D eigenvalue weighted by molar-refractivity contribution is -0.161. The third kappa shape index (κ3) is 2.78. The number of fused-ring (bicyclic) bond motifs is 1. The van der Waals surface area contributed by atoms with Crippen molar-refractivity contribution in [1.82, 2.24) is 5.32 Å². The van der Waals surface area contributed by atoms with Crippen molar-refractivity contribution in [2.45, 2.75) is 65.0 Å². The summed E-state index contributed by atoms with van der Waals surface area (Å²) in [5, 5.41) is 3.19. The van der Waals surface area contributed by atoms with Crippen molar-refractivity contribution >= 4 is 11.8 Å². The zero-order valence-corrected chi connectivity index (χ0v) is 14.4. The normalized spacial score (nSPS) is 37.0. The van der Waals surface area contributed by atoms with E-state index in [4.69, 9.17) is 4.74 Å². The van der Waals surface area contributed by atoms with Crippen LogP contribution in [0.25, 0.3) is 0 Å². The SMILES string of the molecule is CCC1=CC(=O)[C@@]2(C)[C@@H](OC(=O)[C@@H]3CCCN3)CC(C)=CC[C@H]12. The Labute approximate surface area is 138 Å². The number of rotatable bonds is 3.